The molecular weight excluding hydrogens is 349 g/mol. The van der Waals surface area contributed by atoms with Crippen LogP contribution in [0.2, 0.25) is 0 Å². The van der Waals surface area contributed by atoms with Crippen LogP contribution >= 0.6 is 15.9 Å². The molecule has 0 fully saturated rings. The highest BCUT2D eigenvalue weighted by molar-refractivity contribution is 9.10. The molecule has 1 aromatic heterocycles. The van der Waals surface area contributed by atoms with Crippen molar-refractivity contribution in [2.24, 2.45) is 0 Å². The zero-order chi connectivity index (χ0) is 15.5. The molecule has 2 rings (SSSR count). The molecule has 0 amide bonds. The number of hydrogen-bond acceptors (Lipinski definition) is 4. The average molecular weight is 361 g/mol. The van der Waals surface area contributed by atoms with Gasteiger partial charge in [0.1, 0.15) is 22.4 Å². The fourth-order valence-corrected chi connectivity index (χ4v) is 2.07. The minimum Gasteiger partial charge on any atom is -0.369 e. The molecule has 0 atom stereocenters. The van der Waals surface area contributed by atoms with Crippen LogP contribution in [0.25, 0.3) is 0 Å². The second-order valence-corrected chi connectivity index (χ2v) is 4.91. The Labute approximate surface area is 127 Å². The van der Waals surface area contributed by atoms with Crippen LogP contribution in [-0.4, -0.2) is 16.5 Å². The summed E-state index contributed by atoms with van der Waals surface area (Å²) in [5.41, 5.74) is -0.187. The number of benzene rings is 1. The molecule has 0 saturated heterocycles. The molecule has 0 bridgehead atoms. The molecule has 1 aromatic carbocycles. The van der Waals surface area contributed by atoms with Crippen molar-refractivity contribution in [1.82, 2.24) is 9.97 Å². The summed E-state index contributed by atoms with van der Waals surface area (Å²) >= 11 is 3.36. The highest BCUT2D eigenvalue weighted by atomic mass is 79.9. The number of halogens is 4. The van der Waals surface area contributed by atoms with Crippen LogP contribution in [0.4, 0.5) is 30.5 Å². The molecule has 0 spiro atoms. The molecule has 0 aliphatic carbocycles. The fourth-order valence-electron chi connectivity index (χ4n) is 1.63. The largest absolute Gasteiger partial charge is 0.416 e. The Bertz CT molecular complexity index is 614. The van der Waals surface area contributed by atoms with E-state index in [1.807, 2.05) is 6.92 Å². The van der Waals surface area contributed by atoms with E-state index in [0.717, 1.165) is 12.1 Å². The van der Waals surface area contributed by atoms with Crippen molar-refractivity contribution in [2.75, 3.05) is 17.2 Å². The summed E-state index contributed by atoms with van der Waals surface area (Å²) in [6, 6.07) is 4.74. The zero-order valence-corrected chi connectivity index (χ0v) is 12.6. The smallest absolute Gasteiger partial charge is 0.369 e. The van der Waals surface area contributed by atoms with E-state index in [-0.39, 0.29) is 0 Å². The predicted octanol–water partition coefficient (Wildman–Crippen LogP) is 4.43. The van der Waals surface area contributed by atoms with Crippen molar-refractivity contribution in [3.63, 3.8) is 0 Å². The fraction of sp³-hybridized carbons (Fsp3) is 0.231. The summed E-state index contributed by atoms with van der Waals surface area (Å²) in [6.45, 7) is 2.62. The third kappa shape index (κ3) is 3.84. The van der Waals surface area contributed by atoms with Crippen molar-refractivity contribution in [3.8, 4) is 0 Å². The zero-order valence-electron chi connectivity index (χ0n) is 11.0. The number of hydrogen-bond donors (Lipinski definition) is 2. The van der Waals surface area contributed by atoms with Crippen molar-refractivity contribution in [3.05, 3.63) is 40.6 Å². The van der Waals surface area contributed by atoms with Crippen LogP contribution in [0.5, 0.6) is 0 Å². The highest BCUT2D eigenvalue weighted by Gasteiger charge is 2.29. The van der Waals surface area contributed by atoms with Crippen molar-refractivity contribution in [2.45, 2.75) is 13.1 Å². The molecule has 2 N–H and O–H groups in total. The lowest BCUT2D eigenvalue weighted by Gasteiger charge is -2.12. The molecule has 0 saturated carbocycles. The topological polar surface area (TPSA) is 49.8 Å². The molecule has 21 heavy (non-hydrogen) atoms. The molecule has 2 aromatic rings. The van der Waals surface area contributed by atoms with Gasteiger partial charge in [0.15, 0.2) is 0 Å². The quantitative estimate of drug-likeness (QED) is 0.846. The molecule has 1 heterocycles. The lowest BCUT2D eigenvalue weighted by atomic mass is 10.2. The maximum atomic E-state index is 12.5. The SMILES string of the molecule is CCNc1ncnc(Nc2ccc(C(F)(F)F)cc2)c1Br. The number of aromatic nitrogens is 2. The van der Waals surface area contributed by atoms with Crippen LogP contribution in [0.3, 0.4) is 0 Å². The first-order chi connectivity index (χ1) is 9.91. The first kappa shape index (κ1) is 15.6. The van der Waals surface area contributed by atoms with Crippen LogP contribution < -0.4 is 10.6 Å². The molecular formula is C13H12BrF3N4. The van der Waals surface area contributed by atoms with Crippen molar-refractivity contribution < 1.29 is 13.2 Å². The number of rotatable bonds is 4. The monoisotopic (exact) mass is 360 g/mol. The van der Waals surface area contributed by atoms with Gasteiger partial charge in [-0.3, -0.25) is 0 Å². The lowest BCUT2D eigenvalue weighted by molar-refractivity contribution is -0.137. The van der Waals surface area contributed by atoms with Crippen LogP contribution in [-0.2, 0) is 6.18 Å². The van der Waals surface area contributed by atoms with Gasteiger partial charge in [0.25, 0.3) is 0 Å². The van der Waals surface area contributed by atoms with E-state index in [9.17, 15) is 13.2 Å². The summed E-state index contributed by atoms with van der Waals surface area (Å²) < 4.78 is 38.1. The minimum atomic E-state index is -4.34. The molecule has 0 radical (unpaired) electrons. The van der Waals surface area contributed by atoms with E-state index >= 15 is 0 Å². The maximum absolute atomic E-state index is 12.5. The summed E-state index contributed by atoms with van der Waals surface area (Å²) in [5.74, 6) is 1.09. The van der Waals surface area contributed by atoms with E-state index in [4.69, 9.17) is 0 Å². The van der Waals surface area contributed by atoms with Gasteiger partial charge in [-0.25, -0.2) is 9.97 Å². The van der Waals surface area contributed by atoms with Gasteiger partial charge >= 0.3 is 6.18 Å². The van der Waals surface area contributed by atoms with E-state index in [1.165, 1.54) is 18.5 Å². The number of anilines is 3. The van der Waals surface area contributed by atoms with E-state index in [0.29, 0.717) is 28.3 Å². The Morgan fingerprint density at radius 3 is 2.29 bits per heavy atom. The highest BCUT2D eigenvalue weighted by Crippen LogP contribution is 2.32. The summed E-state index contributed by atoms with van der Waals surface area (Å²) in [6.07, 6.45) is -2.97. The minimum absolute atomic E-state index is 0.473. The van der Waals surface area contributed by atoms with Crippen molar-refractivity contribution in [1.29, 1.82) is 0 Å². The molecule has 0 aliphatic heterocycles. The average Bonchev–Trinajstić information content (AvgIpc) is 2.43. The van der Waals surface area contributed by atoms with E-state index in [2.05, 4.69) is 36.5 Å². The second-order valence-electron chi connectivity index (χ2n) is 4.12. The summed E-state index contributed by atoms with van der Waals surface area (Å²) in [4.78, 5) is 8.12. The predicted molar refractivity (Wildman–Crippen MR) is 78.6 cm³/mol. The van der Waals surface area contributed by atoms with Gasteiger partial charge in [-0.2, -0.15) is 13.2 Å². The van der Waals surface area contributed by atoms with Gasteiger partial charge in [0, 0.05) is 12.2 Å². The first-order valence-electron chi connectivity index (χ1n) is 6.10. The normalized spacial score (nSPS) is 11.3. The maximum Gasteiger partial charge on any atom is 0.416 e. The Kier molecular flexibility index (Phi) is 4.66. The van der Waals surface area contributed by atoms with Gasteiger partial charge in [0.2, 0.25) is 0 Å². The summed E-state index contributed by atoms with van der Waals surface area (Å²) in [7, 11) is 0. The third-order valence-corrected chi connectivity index (χ3v) is 3.36. The Morgan fingerprint density at radius 2 is 1.71 bits per heavy atom. The van der Waals surface area contributed by atoms with Crippen molar-refractivity contribution >= 4 is 33.3 Å². The second kappa shape index (κ2) is 6.30. The number of nitrogens with zero attached hydrogens (tertiary/aromatic N) is 2. The molecule has 0 unspecified atom stereocenters. The van der Waals surface area contributed by atoms with Gasteiger partial charge < -0.3 is 10.6 Å². The first-order valence-corrected chi connectivity index (χ1v) is 6.89. The van der Waals surface area contributed by atoms with E-state index in [1.54, 1.807) is 0 Å². The molecule has 0 aliphatic rings. The Hall–Kier alpha value is -1.83. The number of nitrogens with one attached hydrogen (secondary N) is 2. The molecule has 4 nitrogen and oxygen atoms in total. The van der Waals surface area contributed by atoms with Crippen LogP contribution in [0.15, 0.2) is 35.1 Å². The number of alkyl halides is 3. The van der Waals surface area contributed by atoms with E-state index < -0.39 is 11.7 Å². The molecule has 112 valence electrons. The molecule has 8 heteroatoms. The van der Waals surface area contributed by atoms with Gasteiger partial charge in [-0.05, 0) is 47.1 Å². The lowest BCUT2D eigenvalue weighted by Crippen LogP contribution is -2.05. The van der Waals surface area contributed by atoms with Crippen LogP contribution in [0, 0.1) is 0 Å². The van der Waals surface area contributed by atoms with Gasteiger partial charge in [-0.1, -0.05) is 0 Å². The standard InChI is InChI=1S/C13H12BrF3N4/c1-2-18-11-10(14)12(20-7-19-11)21-9-5-3-8(4-6-9)13(15,16)17/h3-7H,2H2,1H3,(H2,18,19,20,21). The third-order valence-electron chi connectivity index (χ3n) is 2.61. The van der Waals surface area contributed by atoms with Gasteiger partial charge in [0.05, 0.1) is 5.56 Å². The van der Waals surface area contributed by atoms with Gasteiger partial charge in [-0.15, -0.1) is 0 Å². The Balaban J connectivity index is 2.20. The summed E-state index contributed by atoms with van der Waals surface area (Å²) in [5, 5.41) is 5.99. The Morgan fingerprint density at radius 1 is 1.10 bits per heavy atom. The van der Waals surface area contributed by atoms with Crippen LogP contribution in [0.1, 0.15) is 12.5 Å².